The lowest BCUT2D eigenvalue weighted by Crippen LogP contribution is -2.15. The summed E-state index contributed by atoms with van der Waals surface area (Å²) in [5.74, 6) is -6.62. The molecule has 142 valence electrons. The zero-order valence-electron chi connectivity index (χ0n) is 13.8. The van der Waals surface area contributed by atoms with Crippen molar-refractivity contribution in [2.75, 3.05) is 5.32 Å². The number of benzene rings is 1. The van der Waals surface area contributed by atoms with Gasteiger partial charge in [-0.3, -0.25) is 14.2 Å². The van der Waals surface area contributed by atoms with Crippen molar-refractivity contribution in [2.24, 2.45) is 0 Å². The SMILES string of the molecule is CCn1cc(Cl)c(C(=O)Nc2ccn(Cc3c(F)c(F)cc(F)c3F)n2)n1. The minimum Gasteiger partial charge on any atom is -0.304 e. The van der Waals surface area contributed by atoms with Crippen molar-refractivity contribution in [1.82, 2.24) is 19.6 Å². The van der Waals surface area contributed by atoms with Gasteiger partial charge in [-0.25, -0.2) is 17.6 Å². The van der Waals surface area contributed by atoms with Gasteiger partial charge < -0.3 is 5.32 Å². The molecule has 0 saturated carbocycles. The lowest BCUT2D eigenvalue weighted by Gasteiger charge is -2.07. The van der Waals surface area contributed by atoms with Crippen molar-refractivity contribution in [3.05, 3.63) is 64.1 Å². The Morgan fingerprint density at radius 2 is 1.81 bits per heavy atom. The van der Waals surface area contributed by atoms with Crippen LogP contribution in [0.4, 0.5) is 23.4 Å². The Kier molecular flexibility index (Phi) is 5.17. The van der Waals surface area contributed by atoms with Crippen molar-refractivity contribution >= 4 is 23.3 Å². The van der Waals surface area contributed by atoms with Crippen LogP contribution in [0.25, 0.3) is 0 Å². The van der Waals surface area contributed by atoms with E-state index in [-0.39, 0.29) is 22.6 Å². The number of aryl methyl sites for hydroxylation is 1. The number of nitrogens with one attached hydrogen (secondary N) is 1. The van der Waals surface area contributed by atoms with E-state index in [0.29, 0.717) is 6.54 Å². The molecular weight excluding hydrogens is 390 g/mol. The van der Waals surface area contributed by atoms with E-state index in [4.69, 9.17) is 11.6 Å². The molecule has 0 unspecified atom stereocenters. The number of anilines is 1. The molecule has 1 amide bonds. The van der Waals surface area contributed by atoms with Gasteiger partial charge in [0.25, 0.3) is 5.91 Å². The van der Waals surface area contributed by atoms with Crippen molar-refractivity contribution in [3.63, 3.8) is 0 Å². The molecular formula is C16H12ClF4N5O. The molecule has 1 N–H and O–H groups in total. The second-order valence-electron chi connectivity index (χ2n) is 5.48. The van der Waals surface area contributed by atoms with Crippen molar-refractivity contribution in [3.8, 4) is 0 Å². The van der Waals surface area contributed by atoms with E-state index in [1.807, 2.05) is 6.92 Å². The molecule has 0 spiro atoms. The van der Waals surface area contributed by atoms with Crippen molar-refractivity contribution in [2.45, 2.75) is 20.0 Å². The smallest absolute Gasteiger partial charge is 0.278 e. The lowest BCUT2D eigenvalue weighted by atomic mass is 10.2. The van der Waals surface area contributed by atoms with E-state index in [9.17, 15) is 22.4 Å². The normalized spacial score (nSPS) is 11.0. The maximum atomic E-state index is 13.7. The fourth-order valence-electron chi connectivity index (χ4n) is 2.33. The van der Waals surface area contributed by atoms with Crippen LogP contribution in [0.5, 0.6) is 0 Å². The molecule has 0 aliphatic carbocycles. The zero-order chi connectivity index (χ0) is 19.7. The van der Waals surface area contributed by atoms with Gasteiger partial charge in [-0.15, -0.1) is 0 Å². The molecule has 1 aromatic carbocycles. The molecule has 0 aliphatic rings. The van der Waals surface area contributed by atoms with Gasteiger partial charge in [0, 0.05) is 31.1 Å². The number of nitrogens with zero attached hydrogens (tertiary/aromatic N) is 4. The van der Waals surface area contributed by atoms with Crippen LogP contribution in [0.2, 0.25) is 5.02 Å². The first-order chi connectivity index (χ1) is 12.8. The first-order valence-corrected chi connectivity index (χ1v) is 8.07. The average Bonchev–Trinajstić information content (AvgIpc) is 3.23. The number of rotatable bonds is 5. The Bertz CT molecular complexity index is 990. The highest BCUT2D eigenvalue weighted by Crippen LogP contribution is 2.21. The minimum absolute atomic E-state index is 0.0163. The van der Waals surface area contributed by atoms with Crippen LogP contribution < -0.4 is 5.32 Å². The molecule has 2 heterocycles. The maximum Gasteiger partial charge on any atom is 0.278 e. The van der Waals surface area contributed by atoms with E-state index < -0.39 is 41.3 Å². The molecule has 0 saturated heterocycles. The zero-order valence-corrected chi connectivity index (χ0v) is 14.6. The summed E-state index contributed by atoms with van der Waals surface area (Å²) in [5, 5.41) is 10.5. The first-order valence-electron chi connectivity index (χ1n) is 7.69. The third kappa shape index (κ3) is 3.80. The molecule has 0 radical (unpaired) electrons. The molecule has 6 nitrogen and oxygen atoms in total. The van der Waals surface area contributed by atoms with Gasteiger partial charge in [0.1, 0.15) is 0 Å². The minimum atomic E-state index is -1.51. The van der Waals surface area contributed by atoms with Crippen LogP contribution in [0.1, 0.15) is 23.0 Å². The van der Waals surface area contributed by atoms with E-state index in [1.165, 1.54) is 23.1 Å². The predicted molar refractivity (Wildman–Crippen MR) is 88.5 cm³/mol. The predicted octanol–water partition coefficient (Wildman–Crippen LogP) is 3.61. The number of carbonyl (C=O) groups is 1. The van der Waals surface area contributed by atoms with Crippen LogP contribution in [0.3, 0.4) is 0 Å². The largest absolute Gasteiger partial charge is 0.304 e. The summed E-state index contributed by atoms with van der Waals surface area (Å²) in [7, 11) is 0. The van der Waals surface area contributed by atoms with Gasteiger partial charge in [0.2, 0.25) is 0 Å². The number of halogens is 5. The molecule has 3 rings (SSSR count). The van der Waals surface area contributed by atoms with Gasteiger partial charge in [0.05, 0.1) is 17.1 Å². The summed E-state index contributed by atoms with van der Waals surface area (Å²) in [5.41, 5.74) is -0.837. The summed E-state index contributed by atoms with van der Waals surface area (Å²) in [4.78, 5) is 12.2. The maximum absolute atomic E-state index is 13.7. The summed E-state index contributed by atoms with van der Waals surface area (Å²) >= 11 is 5.94. The van der Waals surface area contributed by atoms with E-state index in [2.05, 4.69) is 15.5 Å². The van der Waals surface area contributed by atoms with Gasteiger partial charge in [-0.05, 0) is 6.92 Å². The van der Waals surface area contributed by atoms with Gasteiger partial charge in [0.15, 0.2) is 34.8 Å². The van der Waals surface area contributed by atoms with Crippen molar-refractivity contribution < 1.29 is 22.4 Å². The third-order valence-corrected chi connectivity index (χ3v) is 3.94. The van der Waals surface area contributed by atoms with Gasteiger partial charge >= 0.3 is 0 Å². The summed E-state index contributed by atoms with van der Waals surface area (Å²) in [6, 6.07) is 1.47. The molecule has 0 bridgehead atoms. The Hall–Kier alpha value is -2.88. The van der Waals surface area contributed by atoms with Crippen LogP contribution >= 0.6 is 11.6 Å². The van der Waals surface area contributed by atoms with E-state index in [1.54, 1.807) is 0 Å². The Balaban J connectivity index is 1.78. The number of hydrogen-bond acceptors (Lipinski definition) is 3. The number of amides is 1. The van der Waals surface area contributed by atoms with Crippen molar-refractivity contribution in [1.29, 1.82) is 0 Å². The molecule has 27 heavy (non-hydrogen) atoms. The second kappa shape index (κ2) is 7.39. The van der Waals surface area contributed by atoms with Crippen LogP contribution in [0.15, 0.2) is 24.5 Å². The molecule has 3 aromatic rings. The van der Waals surface area contributed by atoms with E-state index >= 15 is 0 Å². The Labute approximate surface area is 155 Å². The van der Waals surface area contributed by atoms with E-state index in [0.717, 1.165) is 4.68 Å². The highest BCUT2D eigenvalue weighted by molar-refractivity contribution is 6.34. The lowest BCUT2D eigenvalue weighted by molar-refractivity contribution is 0.102. The number of carbonyl (C=O) groups excluding carboxylic acids is 1. The third-order valence-electron chi connectivity index (χ3n) is 3.66. The Morgan fingerprint density at radius 1 is 1.15 bits per heavy atom. The van der Waals surface area contributed by atoms with Crippen LogP contribution in [0, 0.1) is 23.3 Å². The van der Waals surface area contributed by atoms with Crippen LogP contribution in [-0.2, 0) is 13.1 Å². The topological polar surface area (TPSA) is 64.7 Å². The number of aromatic nitrogens is 4. The second-order valence-corrected chi connectivity index (χ2v) is 5.89. The average molecular weight is 402 g/mol. The summed E-state index contributed by atoms with van der Waals surface area (Å²) in [6.07, 6.45) is 2.77. The van der Waals surface area contributed by atoms with Gasteiger partial charge in [-0.2, -0.15) is 10.2 Å². The quantitative estimate of drug-likeness (QED) is 0.524. The van der Waals surface area contributed by atoms with Crippen LogP contribution in [-0.4, -0.2) is 25.5 Å². The molecule has 0 fully saturated rings. The standard InChI is InChI=1S/C16H12ClF4N5O/c1-2-25-7-9(17)15(24-25)16(27)22-12-3-4-26(23-12)6-8-13(20)10(18)5-11(19)14(8)21/h3-5,7H,2,6H2,1H3,(H,22,23,27). The highest BCUT2D eigenvalue weighted by Gasteiger charge is 2.20. The fourth-order valence-corrected chi connectivity index (χ4v) is 2.56. The molecule has 2 aromatic heterocycles. The monoisotopic (exact) mass is 401 g/mol. The summed E-state index contributed by atoms with van der Waals surface area (Å²) < 4.78 is 56.5. The fraction of sp³-hybridized carbons (Fsp3) is 0.188. The molecule has 0 atom stereocenters. The Morgan fingerprint density at radius 3 is 2.41 bits per heavy atom. The first kappa shape index (κ1) is 18.9. The van der Waals surface area contributed by atoms with Gasteiger partial charge in [-0.1, -0.05) is 11.6 Å². The highest BCUT2D eigenvalue weighted by atomic mass is 35.5. The molecule has 0 aliphatic heterocycles. The number of hydrogen-bond donors (Lipinski definition) is 1. The summed E-state index contributed by atoms with van der Waals surface area (Å²) in [6.45, 7) is 1.76. The molecule has 11 heteroatoms.